The monoisotopic (exact) mass is 499 g/mol. The average molecular weight is 500 g/mol. The van der Waals surface area contributed by atoms with Crippen LogP contribution in [0.1, 0.15) is 26.3 Å². The van der Waals surface area contributed by atoms with Gasteiger partial charge in [0.25, 0.3) is 5.69 Å². The van der Waals surface area contributed by atoms with E-state index in [0.29, 0.717) is 34.5 Å². The Bertz CT molecular complexity index is 1640. The fraction of sp³-hybridized carbons (Fsp3) is 0.179. The Morgan fingerprint density at radius 3 is 2.54 bits per heavy atom. The van der Waals surface area contributed by atoms with Crippen LogP contribution >= 0.6 is 0 Å². The van der Waals surface area contributed by atoms with Crippen molar-refractivity contribution in [2.24, 2.45) is 0 Å². The first-order chi connectivity index (χ1) is 17.6. The number of benzene rings is 3. The fourth-order valence-electron chi connectivity index (χ4n) is 4.32. The molecule has 2 heterocycles. The lowest BCUT2D eigenvalue weighted by Gasteiger charge is -2.21. The van der Waals surface area contributed by atoms with Crippen LogP contribution in [-0.4, -0.2) is 31.3 Å². The summed E-state index contributed by atoms with van der Waals surface area (Å²) in [6, 6.07) is 19.8. The number of nitrogens with zero attached hydrogens (tertiary/aromatic N) is 2. The summed E-state index contributed by atoms with van der Waals surface area (Å²) in [6.07, 6.45) is 0.763. The molecule has 37 heavy (non-hydrogen) atoms. The van der Waals surface area contributed by atoms with Gasteiger partial charge in [0, 0.05) is 23.2 Å². The molecule has 9 heteroatoms. The lowest BCUT2D eigenvalue weighted by Crippen LogP contribution is -2.27. The summed E-state index contributed by atoms with van der Waals surface area (Å²) < 4.78 is 13.1. The van der Waals surface area contributed by atoms with E-state index in [4.69, 9.17) is 9.47 Å². The predicted octanol–water partition coefficient (Wildman–Crippen LogP) is 6.77. The normalized spacial score (nSPS) is 11.6. The average Bonchev–Trinajstić information content (AvgIpc) is 3.42. The molecule has 9 nitrogen and oxygen atoms in total. The van der Waals surface area contributed by atoms with Crippen LogP contribution in [0.3, 0.4) is 0 Å². The SMILES string of the molecule is CC(C)(C)OC(=O)n1c(-c2ccc([N+](=O)[O-])c3c[nH]c(O)c23)cc2cc(OCc3ccccc3)ccc21. The Balaban J connectivity index is 1.66. The second-order valence-corrected chi connectivity index (χ2v) is 9.66. The Morgan fingerprint density at radius 1 is 1.08 bits per heavy atom. The van der Waals surface area contributed by atoms with Gasteiger partial charge in [-0.25, -0.2) is 9.36 Å². The highest BCUT2D eigenvalue weighted by atomic mass is 16.6. The van der Waals surface area contributed by atoms with E-state index >= 15 is 0 Å². The molecule has 0 amide bonds. The van der Waals surface area contributed by atoms with E-state index in [2.05, 4.69) is 4.98 Å². The Morgan fingerprint density at radius 2 is 1.84 bits per heavy atom. The molecule has 0 aliphatic rings. The highest BCUT2D eigenvalue weighted by molar-refractivity contribution is 6.08. The second-order valence-electron chi connectivity index (χ2n) is 9.66. The third kappa shape index (κ3) is 4.58. The number of nitro benzene ring substituents is 1. The van der Waals surface area contributed by atoms with Crippen molar-refractivity contribution in [3.8, 4) is 22.9 Å². The number of nitro groups is 1. The van der Waals surface area contributed by atoms with Gasteiger partial charge in [-0.1, -0.05) is 30.3 Å². The first-order valence-corrected chi connectivity index (χ1v) is 11.7. The Hall–Kier alpha value is -4.79. The number of aromatic nitrogens is 2. The van der Waals surface area contributed by atoms with Gasteiger partial charge in [0.1, 0.15) is 18.0 Å². The van der Waals surface area contributed by atoms with E-state index in [1.54, 1.807) is 39.0 Å². The standard InChI is InChI=1S/C28H25N3O6/c1-28(2,3)37-27(33)30-22-11-9-19(36-16-17-7-5-4-6-8-17)13-18(22)14-24(30)20-10-12-23(31(34)35)21-15-29-26(32)25(20)21/h4-15,29,32H,16H2,1-3H3. The van der Waals surface area contributed by atoms with Crippen LogP contribution in [0.4, 0.5) is 10.5 Å². The summed E-state index contributed by atoms with van der Waals surface area (Å²) >= 11 is 0. The molecule has 0 saturated carbocycles. The van der Waals surface area contributed by atoms with Crippen LogP contribution in [0, 0.1) is 10.1 Å². The zero-order chi connectivity index (χ0) is 26.3. The topological polar surface area (TPSA) is 120 Å². The molecule has 3 aromatic carbocycles. The smallest absolute Gasteiger partial charge is 0.419 e. The first-order valence-electron chi connectivity index (χ1n) is 11.7. The minimum Gasteiger partial charge on any atom is -0.494 e. The third-order valence-corrected chi connectivity index (χ3v) is 5.88. The summed E-state index contributed by atoms with van der Waals surface area (Å²) in [5.74, 6) is 0.379. The highest BCUT2D eigenvalue weighted by Crippen LogP contribution is 2.41. The maximum Gasteiger partial charge on any atom is 0.419 e. The lowest BCUT2D eigenvalue weighted by atomic mass is 10.0. The highest BCUT2D eigenvalue weighted by Gasteiger charge is 2.26. The molecule has 0 radical (unpaired) electrons. The van der Waals surface area contributed by atoms with E-state index in [-0.39, 0.29) is 22.3 Å². The van der Waals surface area contributed by atoms with Crippen LogP contribution in [0.15, 0.2) is 72.9 Å². The van der Waals surface area contributed by atoms with E-state index < -0.39 is 16.6 Å². The van der Waals surface area contributed by atoms with Gasteiger partial charge in [0.15, 0.2) is 5.88 Å². The Kier molecular flexibility index (Phi) is 5.83. The number of carbonyl (C=O) groups excluding carboxylic acids is 1. The summed E-state index contributed by atoms with van der Waals surface area (Å²) in [7, 11) is 0. The molecule has 0 atom stereocenters. The van der Waals surface area contributed by atoms with Gasteiger partial charge >= 0.3 is 6.09 Å². The molecule has 2 N–H and O–H groups in total. The van der Waals surface area contributed by atoms with E-state index in [1.807, 2.05) is 36.4 Å². The van der Waals surface area contributed by atoms with E-state index in [0.717, 1.165) is 5.56 Å². The molecular formula is C28H25N3O6. The predicted molar refractivity (Wildman–Crippen MR) is 140 cm³/mol. The van der Waals surface area contributed by atoms with Gasteiger partial charge in [-0.15, -0.1) is 0 Å². The zero-order valence-electron chi connectivity index (χ0n) is 20.5. The molecular weight excluding hydrogens is 474 g/mol. The van der Waals surface area contributed by atoms with Crippen molar-refractivity contribution in [1.29, 1.82) is 0 Å². The van der Waals surface area contributed by atoms with Gasteiger partial charge in [-0.2, -0.15) is 0 Å². The maximum absolute atomic E-state index is 13.4. The number of aromatic hydroxyl groups is 1. The van der Waals surface area contributed by atoms with Crippen molar-refractivity contribution in [2.45, 2.75) is 33.0 Å². The van der Waals surface area contributed by atoms with Crippen molar-refractivity contribution in [1.82, 2.24) is 9.55 Å². The number of ether oxygens (including phenoxy) is 2. The van der Waals surface area contributed by atoms with Crippen molar-refractivity contribution in [2.75, 3.05) is 0 Å². The zero-order valence-corrected chi connectivity index (χ0v) is 20.5. The summed E-state index contributed by atoms with van der Waals surface area (Å²) in [4.78, 5) is 27.1. The minimum atomic E-state index is -0.759. The number of non-ortho nitro benzene ring substituents is 1. The molecule has 0 aliphatic carbocycles. The van der Waals surface area contributed by atoms with Crippen LogP contribution in [0.5, 0.6) is 11.6 Å². The molecule has 0 aliphatic heterocycles. The van der Waals surface area contributed by atoms with Gasteiger partial charge in [0.05, 0.1) is 26.9 Å². The van der Waals surface area contributed by atoms with Crippen LogP contribution in [-0.2, 0) is 11.3 Å². The van der Waals surface area contributed by atoms with E-state index in [9.17, 15) is 20.0 Å². The molecule has 2 aromatic heterocycles. The third-order valence-electron chi connectivity index (χ3n) is 5.88. The van der Waals surface area contributed by atoms with Crippen molar-refractivity contribution in [3.05, 3.63) is 88.6 Å². The van der Waals surface area contributed by atoms with Crippen LogP contribution in [0.2, 0.25) is 0 Å². The molecule has 0 saturated heterocycles. The fourth-order valence-corrected chi connectivity index (χ4v) is 4.32. The summed E-state index contributed by atoms with van der Waals surface area (Å²) in [5, 5.41) is 23.3. The molecule has 0 fully saturated rings. The number of nitrogens with one attached hydrogen (secondary N) is 1. The van der Waals surface area contributed by atoms with E-state index in [1.165, 1.54) is 22.9 Å². The van der Waals surface area contributed by atoms with Crippen molar-refractivity contribution in [3.63, 3.8) is 0 Å². The summed E-state index contributed by atoms with van der Waals surface area (Å²) in [5.41, 5.74) is 1.52. The number of H-pyrrole nitrogens is 1. The summed E-state index contributed by atoms with van der Waals surface area (Å²) in [6.45, 7) is 5.70. The van der Waals surface area contributed by atoms with Gasteiger partial charge in [-0.05, 0) is 56.7 Å². The second kappa shape index (κ2) is 9.02. The first kappa shape index (κ1) is 23.9. The number of rotatable bonds is 5. The quantitative estimate of drug-likeness (QED) is 0.203. The molecule has 0 bridgehead atoms. The number of aromatic amines is 1. The number of hydrogen-bond acceptors (Lipinski definition) is 6. The molecule has 188 valence electrons. The lowest BCUT2D eigenvalue weighted by molar-refractivity contribution is -0.383. The van der Waals surface area contributed by atoms with Gasteiger partial charge in [0.2, 0.25) is 0 Å². The van der Waals surface area contributed by atoms with Crippen molar-refractivity contribution >= 4 is 33.5 Å². The maximum atomic E-state index is 13.4. The molecule has 0 unspecified atom stereocenters. The minimum absolute atomic E-state index is 0.160. The molecule has 5 rings (SSSR count). The number of hydrogen-bond donors (Lipinski definition) is 2. The molecule has 5 aromatic rings. The van der Waals surface area contributed by atoms with Gasteiger partial charge in [-0.3, -0.25) is 10.1 Å². The molecule has 0 spiro atoms. The number of carbonyl (C=O) groups is 1. The van der Waals surface area contributed by atoms with Crippen LogP contribution in [0.25, 0.3) is 32.9 Å². The van der Waals surface area contributed by atoms with Gasteiger partial charge < -0.3 is 19.6 Å². The number of fused-ring (bicyclic) bond motifs is 2. The van der Waals surface area contributed by atoms with Crippen molar-refractivity contribution < 1.29 is 24.3 Å². The Labute approximate surface area is 212 Å². The van der Waals surface area contributed by atoms with Crippen LogP contribution < -0.4 is 4.74 Å². The largest absolute Gasteiger partial charge is 0.494 e.